The highest BCUT2D eigenvalue weighted by Gasteiger charge is 2.06. The molecule has 0 saturated carbocycles. The zero-order valence-electron chi connectivity index (χ0n) is 10.8. The van der Waals surface area contributed by atoms with Crippen LogP contribution in [0.25, 0.3) is 0 Å². The van der Waals surface area contributed by atoms with Gasteiger partial charge in [-0.3, -0.25) is 0 Å². The van der Waals surface area contributed by atoms with Gasteiger partial charge in [0.25, 0.3) is 0 Å². The van der Waals surface area contributed by atoms with Crippen molar-refractivity contribution in [3.05, 3.63) is 40.6 Å². The summed E-state index contributed by atoms with van der Waals surface area (Å²) in [5.74, 6) is 1.84. The van der Waals surface area contributed by atoms with Gasteiger partial charge in [-0.1, -0.05) is 19.1 Å². The summed E-state index contributed by atoms with van der Waals surface area (Å²) >= 11 is 1.76. The summed E-state index contributed by atoms with van der Waals surface area (Å²) in [6, 6.07) is 10.5. The predicted molar refractivity (Wildman–Crippen MR) is 79.4 cm³/mol. The number of hydrogen-bond acceptors (Lipinski definition) is 4. The van der Waals surface area contributed by atoms with Gasteiger partial charge in [-0.05, 0) is 36.9 Å². The van der Waals surface area contributed by atoms with Crippen LogP contribution in [0.1, 0.15) is 31.2 Å². The van der Waals surface area contributed by atoms with Gasteiger partial charge in [-0.2, -0.15) is 0 Å². The minimum Gasteiger partial charge on any atom is -0.370 e. The fraction of sp³-hybridized carbons (Fsp3) is 0.357. The average molecular weight is 261 g/mol. The third-order valence-electron chi connectivity index (χ3n) is 2.64. The van der Waals surface area contributed by atoms with E-state index in [0.29, 0.717) is 6.04 Å². The van der Waals surface area contributed by atoms with Crippen molar-refractivity contribution in [3.8, 4) is 0 Å². The molecule has 0 fully saturated rings. The van der Waals surface area contributed by atoms with Crippen molar-refractivity contribution in [2.75, 3.05) is 17.2 Å². The van der Waals surface area contributed by atoms with E-state index < -0.39 is 0 Å². The molecule has 4 heteroatoms. The van der Waals surface area contributed by atoms with E-state index >= 15 is 0 Å². The maximum Gasteiger partial charge on any atom is 0.128 e. The third kappa shape index (κ3) is 3.47. The zero-order chi connectivity index (χ0) is 12.8. The number of nitrogens with zero attached hydrogens (tertiary/aromatic N) is 1. The van der Waals surface area contributed by atoms with Crippen molar-refractivity contribution in [2.45, 2.75) is 26.3 Å². The molecule has 2 heterocycles. The van der Waals surface area contributed by atoms with Crippen molar-refractivity contribution in [2.24, 2.45) is 0 Å². The number of hydrogen-bond donors (Lipinski definition) is 2. The van der Waals surface area contributed by atoms with Gasteiger partial charge >= 0.3 is 0 Å². The maximum atomic E-state index is 4.54. The number of pyridine rings is 1. The van der Waals surface area contributed by atoms with Gasteiger partial charge in [0.2, 0.25) is 0 Å². The Balaban J connectivity index is 2.00. The van der Waals surface area contributed by atoms with Crippen LogP contribution in [0.4, 0.5) is 11.6 Å². The Kier molecular flexibility index (Phi) is 4.59. The normalized spacial score (nSPS) is 12.1. The Morgan fingerprint density at radius 2 is 2.06 bits per heavy atom. The van der Waals surface area contributed by atoms with Crippen LogP contribution in [-0.4, -0.2) is 11.5 Å². The SMILES string of the molecule is CCCNc1cccc(NC(C)c2cccs2)n1. The summed E-state index contributed by atoms with van der Waals surface area (Å²) in [6.45, 7) is 5.25. The summed E-state index contributed by atoms with van der Waals surface area (Å²) in [6.07, 6.45) is 1.10. The van der Waals surface area contributed by atoms with E-state index in [9.17, 15) is 0 Å². The van der Waals surface area contributed by atoms with Crippen LogP contribution in [0.3, 0.4) is 0 Å². The molecule has 0 saturated heterocycles. The molecule has 0 aliphatic rings. The molecule has 0 aliphatic heterocycles. The minimum absolute atomic E-state index is 0.291. The third-order valence-corrected chi connectivity index (χ3v) is 3.69. The predicted octanol–water partition coefficient (Wildman–Crippen LogP) is 4.14. The molecular formula is C14H19N3S. The molecule has 1 unspecified atom stereocenters. The Labute approximate surface area is 112 Å². The quantitative estimate of drug-likeness (QED) is 0.820. The lowest BCUT2D eigenvalue weighted by atomic mass is 10.2. The second-order valence-electron chi connectivity index (χ2n) is 4.22. The van der Waals surface area contributed by atoms with E-state index in [0.717, 1.165) is 24.6 Å². The second kappa shape index (κ2) is 6.40. The van der Waals surface area contributed by atoms with Crippen LogP contribution in [0.2, 0.25) is 0 Å². The van der Waals surface area contributed by atoms with Crippen molar-refractivity contribution < 1.29 is 0 Å². The first-order valence-corrected chi connectivity index (χ1v) is 7.18. The molecule has 1 atom stereocenters. The Bertz CT molecular complexity index is 468. The van der Waals surface area contributed by atoms with Crippen molar-refractivity contribution in [1.82, 2.24) is 4.98 Å². The van der Waals surface area contributed by atoms with Gasteiger partial charge in [0.05, 0.1) is 6.04 Å². The summed E-state index contributed by atoms with van der Waals surface area (Å²) in [4.78, 5) is 5.87. The number of nitrogens with one attached hydrogen (secondary N) is 2. The lowest BCUT2D eigenvalue weighted by Gasteiger charge is -2.14. The summed E-state index contributed by atoms with van der Waals surface area (Å²) in [5.41, 5.74) is 0. The first-order chi connectivity index (χ1) is 8.79. The van der Waals surface area contributed by atoms with Crippen LogP contribution < -0.4 is 10.6 Å². The number of rotatable bonds is 6. The second-order valence-corrected chi connectivity index (χ2v) is 5.20. The van der Waals surface area contributed by atoms with E-state index in [-0.39, 0.29) is 0 Å². The van der Waals surface area contributed by atoms with E-state index in [1.165, 1.54) is 4.88 Å². The van der Waals surface area contributed by atoms with E-state index in [1.807, 2.05) is 18.2 Å². The van der Waals surface area contributed by atoms with Crippen LogP contribution in [0.5, 0.6) is 0 Å². The molecule has 0 radical (unpaired) electrons. The number of thiophene rings is 1. The average Bonchev–Trinajstić information content (AvgIpc) is 2.91. The van der Waals surface area contributed by atoms with Crippen molar-refractivity contribution in [1.29, 1.82) is 0 Å². The molecule has 2 aromatic rings. The van der Waals surface area contributed by atoms with Crippen LogP contribution >= 0.6 is 11.3 Å². The Morgan fingerprint density at radius 1 is 1.22 bits per heavy atom. The molecule has 2 aromatic heterocycles. The molecular weight excluding hydrogens is 242 g/mol. The Hall–Kier alpha value is -1.55. The minimum atomic E-state index is 0.291. The molecule has 0 aromatic carbocycles. The maximum absolute atomic E-state index is 4.54. The van der Waals surface area contributed by atoms with Crippen molar-refractivity contribution in [3.63, 3.8) is 0 Å². The van der Waals surface area contributed by atoms with E-state index in [4.69, 9.17) is 0 Å². The summed E-state index contributed by atoms with van der Waals surface area (Å²) in [5, 5.41) is 8.81. The molecule has 0 amide bonds. The molecule has 2 rings (SSSR count). The smallest absolute Gasteiger partial charge is 0.128 e. The number of aromatic nitrogens is 1. The standard InChI is InChI=1S/C14H19N3S/c1-3-9-15-13-7-4-8-14(17-13)16-11(2)12-6-5-10-18-12/h4-8,10-11H,3,9H2,1-2H3,(H2,15,16,17). The van der Waals surface area contributed by atoms with Gasteiger partial charge < -0.3 is 10.6 Å². The van der Waals surface area contributed by atoms with Gasteiger partial charge in [-0.25, -0.2) is 4.98 Å². The van der Waals surface area contributed by atoms with Crippen LogP contribution in [0, 0.1) is 0 Å². The van der Waals surface area contributed by atoms with Gasteiger partial charge in [0, 0.05) is 11.4 Å². The highest BCUT2D eigenvalue weighted by molar-refractivity contribution is 7.10. The lowest BCUT2D eigenvalue weighted by molar-refractivity contribution is 0.895. The van der Waals surface area contributed by atoms with E-state index in [1.54, 1.807) is 11.3 Å². The van der Waals surface area contributed by atoms with Crippen LogP contribution in [-0.2, 0) is 0 Å². The first-order valence-electron chi connectivity index (χ1n) is 6.30. The Morgan fingerprint density at radius 3 is 2.78 bits per heavy atom. The molecule has 0 aliphatic carbocycles. The molecule has 3 nitrogen and oxygen atoms in total. The highest BCUT2D eigenvalue weighted by Crippen LogP contribution is 2.22. The lowest BCUT2D eigenvalue weighted by Crippen LogP contribution is -2.08. The van der Waals surface area contributed by atoms with Gasteiger partial charge in [-0.15, -0.1) is 11.3 Å². The van der Waals surface area contributed by atoms with Crippen LogP contribution in [0.15, 0.2) is 35.7 Å². The summed E-state index contributed by atoms with van der Waals surface area (Å²) < 4.78 is 0. The highest BCUT2D eigenvalue weighted by atomic mass is 32.1. The largest absolute Gasteiger partial charge is 0.370 e. The van der Waals surface area contributed by atoms with E-state index in [2.05, 4.69) is 47.0 Å². The molecule has 0 bridgehead atoms. The fourth-order valence-electron chi connectivity index (χ4n) is 1.70. The molecule has 2 N–H and O–H groups in total. The zero-order valence-corrected chi connectivity index (χ0v) is 11.6. The van der Waals surface area contributed by atoms with Gasteiger partial charge in [0.15, 0.2) is 0 Å². The fourth-order valence-corrected chi connectivity index (χ4v) is 2.43. The molecule has 96 valence electrons. The van der Waals surface area contributed by atoms with Gasteiger partial charge in [0.1, 0.15) is 11.6 Å². The molecule has 18 heavy (non-hydrogen) atoms. The number of anilines is 2. The first kappa shape index (κ1) is 12.9. The summed E-state index contributed by atoms with van der Waals surface area (Å²) in [7, 11) is 0. The monoisotopic (exact) mass is 261 g/mol. The topological polar surface area (TPSA) is 37.0 Å². The molecule has 0 spiro atoms. The van der Waals surface area contributed by atoms with Crippen molar-refractivity contribution >= 4 is 23.0 Å².